The van der Waals surface area contributed by atoms with E-state index in [0.29, 0.717) is 19.3 Å². The van der Waals surface area contributed by atoms with Crippen LogP contribution in [0.2, 0.25) is 0 Å². The van der Waals surface area contributed by atoms with Gasteiger partial charge in [-0.25, -0.2) is 0 Å². The van der Waals surface area contributed by atoms with Gasteiger partial charge in [0, 0.05) is 12.8 Å². The summed E-state index contributed by atoms with van der Waals surface area (Å²) in [4.78, 5) is 25.6. The molecule has 0 saturated carbocycles. The first-order valence-electron chi connectivity index (χ1n) is 29.5. The molecule has 4 N–H and O–H groups in total. The van der Waals surface area contributed by atoms with Gasteiger partial charge >= 0.3 is 11.9 Å². The second-order valence-corrected chi connectivity index (χ2v) is 22.1. The van der Waals surface area contributed by atoms with Crippen LogP contribution in [-0.2, 0) is 38.7 Å². The van der Waals surface area contributed by atoms with Gasteiger partial charge in [-0.2, -0.15) is 8.42 Å². The highest BCUT2D eigenvalue weighted by molar-refractivity contribution is 7.85. The number of allylic oxidation sites excluding steroid dienone is 6. The van der Waals surface area contributed by atoms with E-state index in [1.54, 1.807) is 0 Å². The molecular weight excluding hydrogens is 933 g/mol. The first-order chi connectivity index (χ1) is 35.0. The van der Waals surface area contributed by atoms with Gasteiger partial charge in [-0.1, -0.05) is 224 Å². The summed E-state index contributed by atoms with van der Waals surface area (Å²) >= 11 is 0. The molecule has 1 saturated heterocycles. The number of ether oxygens (including phenoxy) is 4. The van der Waals surface area contributed by atoms with Crippen molar-refractivity contribution in [1.29, 1.82) is 0 Å². The molecule has 0 aromatic rings. The van der Waals surface area contributed by atoms with E-state index in [4.69, 9.17) is 18.9 Å². The summed E-state index contributed by atoms with van der Waals surface area (Å²) in [5.74, 6) is -2.02. The van der Waals surface area contributed by atoms with Gasteiger partial charge in [-0.3, -0.25) is 14.1 Å². The second-order valence-electron chi connectivity index (χ2n) is 20.6. The Hall–Kier alpha value is -2.13. The van der Waals surface area contributed by atoms with Crippen LogP contribution in [0.1, 0.15) is 271 Å². The fraction of sp³-hybridized carbons (Fsp3) is 0.864. The van der Waals surface area contributed by atoms with Crippen molar-refractivity contribution < 1.29 is 56.8 Å². The van der Waals surface area contributed by atoms with Crippen LogP contribution in [0.5, 0.6) is 0 Å². The molecule has 13 heteroatoms. The number of carbonyl (C=O) groups excluding carboxylic acids is 2. The number of aliphatic hydroxyl groups is 3. The van der Waals surface area contributed by atoms with Crippen LogP contribution in [0.4, 0.5) is 0 Å². The van der Waals surface area contributed by atoms with Gasteiger partial charge in [0.2, 0.25) is 0 Å². The minimum absolute atomic E-state index is 0.157. The molecule has 2 unspecified atom stereocenters. The molecule has 0 aromatic carbocycles. The molecule has 0 radical (unpaired) electrons. The van der Waals surface area contributed by atoms with Crippen LogP contribution >= 0.6 is 0 Å². The second kappa shape index (κ2) is 48.5. The lowest BCUT2D eigenvalue weighted by Gasteiger charge is -2.40. The molecule has 0 spiro atoms. The number of aliphatic hydroxyl groups excluding tert-OH is 3. The molecule has 6 atom stereocenters. The molecule has 1 rings (SSSR count). The van der Waals surface area contributed by atoms with E-state index in [1.165, 1.54) is 186 Å². The number of rotatable bonds is 51. The van der Waals surface area contributed by atoms with Crippen LogP contribution in [0.15, 0.2) is 36.5 Å². The van der Waals surface area contributed by atoms with Crippen LogP contribution in [0, 0.1) is 0 Å². The van der Waals surface area contributed by atoms with Crippen molar-refractivity contribution in [2.75, 3.05) is 19.0 Å². The van der Waals surface area contributed by atoms with Gasteiger partial charge in [0.15, 0.2) is 12.4 Å². The molecule has 0 aliphatic carbocycles. The van der Waals surface area contributed by atoms with E-state index in [-0.39, 0.29) is 19.4 Å². The topological polar surface area (TPSA) is 186 Å². The van der Waals surface area contributed by atoms with E-state index in [0.717, 1.165) is 38.5 Å². The first-order valence-corrected chi connectivity index (χ1v) is 31.2. The van der Waals surface area contributed by atoms with Crippen molar-refractivity contribution in [3.63, 3.8) is 0 Å². The van der Waals surface area contributed by atoms with E-state index in [2.05, 4.69) is 50.3 Å². The molecular formula is C59H108O12S. The minimum atomic E-state index is -4.61. The summed E-state index contributed by atoms with van der Waals surface area (Å²) in [6.45, 7) is 3.78. The number of unbranched alkanes of at least 4 members (excludes halogenated alkanes) is 33. The van der Waals surface area contributed by atoms with Gasteiger partial charge in [0.1, 0.15) is 36.8 Å². The zero-order valence-corrected chi connectivity index (χ0v) is 46.6. The normalized spacial score (nSPS) is 19.0. The summed E-state index contributed by atoms with van der Waals surface area (Å²) < 4.78 is 54.4. The highest BCUT2D eigenvalue weighted by Gasteiger charge is 2.46. The van der Waals surface area contributed by atoms with Gasteiger partial charge in [0.25, 0.3) is 10.1 Å². The van der Waals surface area contributed by atoms with Crippen LogP contribution in [-0.4, -0.2) is 96.0 Å². The van der Waals surface area contributed by atoms with Gasteiger partial charge < -0.3 is 34.3 Å². The molecule has 1 aliphatic heterocycles. The van der Waals surface area contributed by atoms with E-state index in [9.17, 15) is 37.9 Å². The number of carbonyl (C=O) groups is 2. The molecule has 422 valence electrons. The molecule has 0 bridgehead atoms. The molecule has 0 amide bonds. The Balaban J connectivity index is 2.32. The van der Waals surface area contributed by atoms with Crippen LogP contribution in [0.25, 0.3) is 0 Å². The van der Waals surface area contributed by atoms with Crippen LogP contribution < -0.4 is 0 Å². The fourth-order valence-electron chi connectivity index (χ4n) is 9.11. The summed E-state index contributed by atoms with van der Waals surface area (Å²) in [5, 5.41) is 31.1. The summed E-state index contributed by atoms with van der Waals surface area (Å²) in [5.41, 5.74) is 0. The predicted octanol–water partition coefficient (Wildman–Crippen LogP) is 14.5. The number of esters is 2. The number of hydrogen-bond acceptors (Lipinski definition) is 11. The SMILES string of the molecule is CCCCCCCC/C=C/CCCCCCCCCCCCCC(=O)O[C@H](COC(=O)CCC/C=C/CC/C=C/CCCCCCCCCCCCCCCC)CO[C@H]1O[C@H](CS(=O)(=O)O)[C@@H](O)C(O)C1O. The Morgan fingerprint density at radius 3 is 1.24 bits per heavy atom. The third-order valence-corrected chi connectivity index (χ3v) is 14.4. The molecule has 1 aliphatic rings. The lowest BCUT2D eigenvalue weighted by molar-refractivity contribution is -0.297. The Kier molecular flexibility index (Phi) is 45.7. The zero-order chi connectivity index (χ0) is 52.6. The maximum absolute atomic E-state index is 12.9. The fourth-order valence-corrected chi connectivity index (χ4v) is 9.80. The summed E-state index contributed by atoms with van der Waals surface area (Å²) in [7, 11) is -4.61. The maximum atomic E-state index is 12.9. The van der Waals surface area contributed by atoms with Gasteiger partial charge in [-0.05, 0) is 70.6 Å². The van der Waals surface area contributed by atoms with E-state index < -0.39 is 71.2 Å². The minimum Gasteiger partial charge on any atom is -0.462 e. The monoisotopic (exact) mass is 1040 g/mol. The molecule has 0 aromatic heterocycles. The number of hydrogen-bond donors (Lipinski definition) is 4. The third-order valence-electron chi connectivity index (χ3n) is 13.7. The van der Waals surface area contributed by atoms with Crippen molar-refractivity contribution in [3.8, 4) is 0 Å². The van der Waals surface area contributed by atoms with E-state index in [1.807, 2.05) is 0 Å². The quantitative estimate of drug-likeness (QED) is 0.0196. The van der Waals surface area contributed by atoms with Gasteiger partial charge in [0.05, 0.1) is 6.61 Å². The maximum Gasteiger partial charge on any atom is 0.306 e. The molecule has 1 heterocycles. The molecule has 72 heavy (non-hydrogen) atoms. The first kappa shape index (κ1) is 67.9. The average Bonchev–Trinajstić information content (AvgIpc) is 3.35. The largest absolute Gasteiger partial charge is 0.462 e. The summed E-state index contributed by atoms with van der Waals surface area (Å²) in [6.07, 6.45) is 50.6. The van der Waals surface area contributed by atoms with Crippen molar-refractivity contribution in [1.82, 2.24) is 0 Å². The Bertz CT molecular complexity index is 1450. The lowest BCUT2D eigenvalue weighted by Crippen LogP contribution is -2.60. The van der Waals surface area contributed by atoms with Crippen molar-refractivity contribution in [3.05, 3.63) is 36.5 Å². The Labute approximate surface area is 440 Å². The van der Waals surface area contributed by atoms with Crippen molar-refractivity contribution in [2.24, 2.45) is 0 Å². The average molecular weight is 1040 g/mol. The predicted molar refractivity (Wildman–Crippen MR) is 293 cm³/mol. The third kappa shape index (κ3) is 42.1. The lowest BCUT2D eigenvalue weighted by atomic mass is 10.00. The zero-order valence-electron chi connectivity index (χ0n) is 45.8. The summed E-state index contributed by atoms with van der Waals surface area (Å²) in [6, 6.07) is 0. The molecule has 1 fully saturated rings. The van der Waals surface area contributed by atoms with Gasteiger partial charge in [-0.15, -0.1) is 0 Å². The standard InChI is InChI=1S/C59H108O12S/c1-3-5-7-9-11-13-15-17-19-21-23-25-26-28-29-31-33-35-37-39-41-43-45-47-54(60)68-49-52(50-69-59-58(64)57(63)56(62)53(71-59)51-72(65,66)67)70-55(61)48-46-44-42-40-38-36-34-32-30-27-24-22-20-18-16-14-12-10-8-6-4-2/h18,20,31,33,39,41,52-53,56-59,62-64H,3-17,19,21-30,32,34-38,40,42-51H2,1-2H3,(H,65,66,67)/b20-18+,33-31+,41-39+/t52-,53-,56-,57?,58?,59+/m1/s1. The molecule has 12 nitrogen and oxygen atoms in total. The Morgan fingerprint density at radius 1 is 0.458 bits per heavy atom. The highest BCUT2D eigenvalue weighted by atomic mass is 32.2. The van der Waals surface area contributed by atoms with Crippen molar-refractivity contribution in [2.45, 2.75) is 307 Å². The highest BCUT2D eigenvalue weighted by Crippen LogP contribution is 2.24. The van der Waals surface area contributed by atoms with E-state index >= 15 is 0 Å². The van der Waals surface area contributed by atoms with Crippen LogP contribution in [0.3, 0.4) is 0 Å². The van der Waals surface area contributed by atoms with Crippen molar-refractivity contribution >= 4 is 22.1 Å². The Morgan fingerprint density at radius 2 is 0.819 bits per heavy atom. The smallest absolute Gasteiger partial charge is 0.306 e.